The Balaban J connectivity index is 2.58. The van der Waals surface area contributed by atoms with Crippen molar-refractivity contribution in [1.82, 2.24) is 0 Å². The van der Waals surface area contributed by atoms with Crippen LogP contribution in [0.5, 0.6) is 0 Å². The van der Waals surface area contributed by atoms with E-state index in [4.69, 9.17) is 25.5 Å². The molecule has 1 rings (SSSR count). The fourth-order valence-electron chi connectivity index (χ4n) is 1.11. The maximum Gasteiger partial charge on any atom is 0.184 e. The summed E-state index contributed by atoms with van der Waals surface area (Å²) in [5.41, 5.74) is 0. The molecule has 0 aliphatic carbocycles. The van der Waals surface area contributed by atoms with Gasteiger partial charge in [-0.1, -0.05) is 0 Å². The Morgan fingerprint density at radius 3 is 2.08 bits per heavy atom. The van der Waals surface area contributed by atoms with E-state index in [1.165, 1.54) is 0 Å². The average molecular weight is 180 g/mol. The third kappa shape index (κ3) is 1.58. The fraction of sp³-hybridized carbons (Fsp3) is 1.00. The number of aliphatic hydroxyl groups is 5. The van der Waals surface area contributed by atoms with Crippen molar-refractivity contribution in [1.29, 1.82) is 0 Å². The van der Waals surface area contributed by atoms with Gasteiger partial charge in [0.15, 0.2) is 6.29 Å². The van der Waals surface area contributed by atoms with Crippen molar-refractivity contribution in [3.63, 3.8) is 0 Å². The summed E-state index contributed by atoms with van der Waals surface area (Å²) in [4.78, 5) is 0. The van der Waals surface area contributed by atoms with Gasteiger partial charge in [0.2, 0.25) is 0 Å². The lowest BCUT2D eigenvalue weighted by Crippen LogP contribution is -2.40. The van der Waals surface area contributed by atoms with E-state index in [0.29, 0.717) is 0 Å². The van der Waals surface area contributed by atoms with Gasteiger partial charge < -0.3 is 30.3 Å². The van der Waals surface area contributed by atoms with E-state index < -0.39 is 37.3 Å². The molecule has 6 nitrogen and oxygen atoms in total. The summed E-state index contributed by atoms with van der Waals surface area (Å²) in [6.07, 6.45) is -6.75. The molecule has 0 aromatic heterocycles. The average Bonchev–Trinajstić information content (AvgIpc) is 2.32. The van der Waals surface area contributed by atoms with Crippen LogP contribution in [0.4, 0.5) is 0 Å². The molecule has 1 saturated heterocycles. The zero-order valence-electron chi connectivity index (χ0n) is 6.24. The highest BCUT2D eigenvalue weighted by Crippen LogP contribution is 2.21. The summed E-state index contributed by atoms with van der Waals surface area (Å²) >= 11 is 0. The molecule has 0 radical (unpaired) electrons. The van der Waals surface area contributed by atoms with Crippen LogP contribution in [0.3, 0.4) is 0 Å². The molecule has 0 aromatic carbocycles. The second-order valence-corrected chi connectivity index (χ2v) is 2.72. The third-order valence-corrected chi connectivity index (χ3v) is 1.84. The van der Waals surface area contributed by atoms with Crippen LogP contribution in [0, 0.1) is 0 Å². The van der Waals surface area contributed by atoms with E-state index in [9.17, 15) is 0 Å². The van der Waals surface area contributed by atoms with Gasteiger partial charge in [0.1, 0.15) is 24.4 Å². The summed E-state index contributed by atoms with van der Waals surface area (Å²) in [5.74, 6) is 0. The predicted octanol–water partition coefficient (Wildman–Crippen LogP) is -3.22. The molecule has 6 heteroatoms. The van der Waals surface area contributed by atoms with E-state index in [-0.39, 0.29) is 0 Å². The van der Waals surface area contributed by atoms with Gasteiger partial charge in [-0.3, -0.25) is 0 Å². The first-order chi connectivity index (χ1) is 5.57. The second kappa shape index (κ2) is 3.65. The topological polar surface area (TPSA) is 110 Å². The summed E-state index contributed by atoms with van der Waals surface area (Å²) in [7, 11) is 0. The lowest BCUT2D eigenvalue weighted by Gasteiger charge is -2.18. The lowest BCUT2D eigenvalue weighted by molar-refractivity contribution is -0.150. The van der Waals surface area contributed by atoms with Crippen molar-refractivity contribution in [2.24, 2.45) is 0 Å². The molecule has 0 aromatic rings. The highest BCUT2D eigenvalue weighted by Gasteiger charge is 2.44. The minimum absolute atomic E-state index is 0.596. The van der Waals surface area contributed by atoms with Crippen molar-refractivity contribution in [2.45, 2.75) is 30.7 Å². The standard InChI is InChI=1S/C6H12O6/c7-1-2(8)5-3(9)4(10)6(11)12-5/h2-11H,1H2/t2-,3?,4?,5+,6?/m0/s1. The van der Waals surface area contributed by atoms with Crippen LogP contribution in [0.2, 0.25) is 0 Å². The quantitative estimate of drug-likeness (QED) is 0.306. The van der Waals surface area contributed by atoms with E-state index in [0.717, 1.165) is 0 Å². The van der Waals surface area contributed by atoms with Crippen LogP contribution in [-0.2, 0) is 4.74 Å². The molecule has 1 fully saturated rings. The monoisotopic (exact) mass is 180 g/mol. The van der Waals surface area contributed by atoms with Crippen LogP contribution < -0.4 is 0 Å². The maximum absolute atomic E-state index is 9.12. The number of hydrogen-bond donors (Lipinski definition) is 5. The summed E-state index contributed by atoms with van der Waals surface area (Å²) < 4.78 is 4.58. The molecule has 0 amide bonds. The minimum Gasteiger partial charge on any atom is -0.394 e. The Labute approximate surface area is 68.6 Å². The maximum atomic E-state index is 9.12. The summed E-state index contributed by atoms with van der Waals surface area (Å²) in [6.45, 7) is -0.596. The van der Waals surface area contributed by atoms with Gasteiger partial charge >= 0.3 is 0 Å². The van der Waals surface area contributed by atoms with Gasteiger partial charge in [0.25, 0.3) is 0 Å². The van der Waals surface area contributed by atoms with E-state index in [1.807, 2.05) is 0 Å². The van der Waals surface area contributed by atoms with E-state index >= 15 is 0 Å². The Morgan fingerprint density at radius 1 is 1.17 bits per heavy atom. The molecular formula is C6H12O6. The van der Waals surface area contributed by atoms with Crippen LogP contribution in [0.15, 0.2) is 0 Å². The molecule has 0 spiro atoms. The predicted molar refractivity (Wildman–Crippen MR) is 36.0 cm³/mol. The molecule has 3 unspecified atom stereocenters. The number of rotatable bonds is 2. The first-order valence-corrected chi connectivity index (χ1v) is 3.56. The van der Waals surface area contributed by atoms with Gasteiger partial charge in [-0.2, -0.15) is 0 Å². The van der Waals surface area contributed by atoms with Gasteiger partial charge in [0, 0.05) is 0 Å². The Bertz CT molecular complexity index is 151. The molecule has 0 bridgehead atoms. The van der Waals surface area contributed by atoms with E-state index in [2.05, 4.69) is 4.74 Å². The van der Waals surface area contributed by atoms with Crippen molar-refractivity contribution in [3.05, 3.63) is 0 Å². The highest BCUT2D eigenvalue weighted by molar-refractivity contribution is 4.89. The van der Waals surface area contributed by atoms with Crippen LogP contribution in [0.25, 0.3) is 0 Å². The van der Waals surface area contributed by atoms with Gasteiger partial charge in [0.05, 0.1) is 6.61 Å². The fourth-order valence-corrected chi connectivity index (χ4v) is 1.11. The normalized spacial score (nSPS) is 44.8. The second-order valence-electron chi connectivity index (χ2n) is 2.72. The summed E-state index contributed by atoms with van der Waals surface area (Å²) in [5, 5.41) is 44.4. The number of ether oxygens (including phenoxy) is 1. The van der Waals surface area contributed by atoms with Crippen LogP contribution in [0.1, 0.15) is 0 Å². The minimum atomic E-state index is -1.51. The van der Waals surface area contributed by atoms with Gasteiger partial charge in [-0.15, -0.1) is 0 Å². The van der Waals surface area contributed by atoms with Crippen LogP contribution in [-0.4, -0.2) is 62.8 Å². The molecule has 5 N–H and O–H groups in total. The smallest absolute Gasteiger partial charge is 0.184 e. The molecular weight excluding hydrogens is 168 g/mol. The molecule has 1 aliphatic heterocycles. The zero-order valence-corrected chi connectivity index (χ0v) is 6.24. The van der Waals surface area contributed by atoms with Crippen molar-refractivity contribution >= 4 is 0 Å². The SMILES string of the molecule is OC[C@H](O)[C@H]1OC(O)C(O)C1O. The third-order valence-electron chi connectivity index (χ3n) is 1.84. The van der Waals surface area contributed by atoms with Gasteiger partial charge in [-0.25, -0.2) is 0 Å². The molecule has 5 atom stereocenters. The highest BCUT2D eigenvalue weighted by atomic mass is 16.6. The molecule has 1 heterocycles. The van der Waals surface area contributed by atoms with Gasteiger partial charge in [-0.05, 0) is 0 Å². The van der Waals surface area contributed by atoms with Crippen molar-refractivity contribution < 1.29 is 30.3 Å². The van der Waals surface area contributed by atoms with Crippen LogP contribution >= 0.6 is 0 Å². The zero-order chi connectivity index (χ0) is 9.30. The first kappa shape index (κ1) is 9.85. The molecule has 72 valence electrons. The number of aliphatic hydroxyl groups excluding tert-OH is 5. The summed E-state index contributed by atoms with van der Waals surface area (Å²) in [6, 6.07) is 0. The first-order valence-electron chi connectivity index (χ1n) is 3.56. The molecule has 0 saturated carbocycles. The molecule has 12 heavy (non-hydrogen) atoms. The van der Waals surface area contributed by atoms with E-state index in [1.54, 1.807) is 0 Å². The number of hydrogen-bond acceptors (Lipinski definition) is 6. The Hall–Kier alpha value is -0.240. The lowest BCUT2D eigenvalue weighted by atomic mass is 10.1. The molecule has 1 aliphatic rings. The van der Waals surface area contributed by atoms with Crippen molar-refractivity contribution in [3.8, 4) is 0 Å². The largest absolute Gasteiger partial charge is 0.394 e. The van der Waals surface area contributed by atoms with Crippen molar-refractivity contribution in [2.75, 3.05) is 6.61 Å². The Morgan fingerprint density at radius 2 is 1.75 bits per heavy atom. The Kier molecular flexibility index (Phi) is 2.99.